The monoisotopic (exact) mass is 375 g/mol. The molecule has 1 aromatic carbocycles. The molecule has 4 heteroatoms. The summed E-state index contributed by atoms with van der Waals surface area (Å²) in [7, 11) is 0. The highest BCUT2D eigenvalue weighted by Crippen LogP contribution is 2.24. The van der Waals surface area contributed by atoms with Crippen LogP contribution in [-0.4, -0.2) is 16.5 Å². The van der Waals surface area contributed by atoms with Crippen LogP contribution in [0.5, 0.6) is 0 Å². The SMILES string of the molecule is CCc1ccc(-n2c(C)cc(/C=C(/C#N)C(=O)NC3CCCCC3)c2C)cc1. The number of rotatable bonds is 5. The molecule has 2 aromatic rings. The molecule has 0 aliphatic heterocycles. The Balaban J connectivity index is 1.85. The second kappa shape index (κ2) is 8.93. The molecule has 3 rings (SSSR count). The normalized spacial score (nSPS) is 15.3. The van der Waals surface area contributed by atoms with Crippen molar-refractivity contribution < 1.29 is 4.79 Å². The second-order valence-corrected chi connectivity index (χ2v) is 7.66. The largest absolute Gasteiger partial charge is 0.349 e. The highest BCUT2D eigenvalue weighted by molar-refractivity contribution is 6.02. The molecule has 0 spiro atoms. The predicted octanol–water partition coefficient (Wildman–Crippen LogP) is 5.01. The van der Waals surface area contributed by atoms with E-state index in [0.29, 0.717) is 0 Å². The fourth-order valence-electron chi connectivity index (χ4n) is 4.03. The van der Waals surface area contributed by atoms with E-state index in [1.165, 1.54) is 12.0 Å². The zero-order chi connectivity index (χ0) is 20.1. The highest BCUT2D eigenvalue weighted by Gasteiger charge is 2.19. The summed E-state index contributed by atoms with van der Waals surface area (Å²) >= 11 is 0. The Morgan fingerprint density at radius 1 is 1.21 bits per heavy atom. The van der Waals surface area contributed by atoms with Gasteiger partial charge in [0.05, 0.1) is 0 Å². The summed E-state index contributed by atoms with van der Waals surface area (Å²) in [5, 5.41) is 12.6. The van der Waals surface area contributed by atoms with Crippen molar-refractivity contribution in [2.24, 2.45) is 0 Å². The van der Waals surface area contributed by atoms with E-state index < -0.39 is 0 Å². The van der Waals surface area contributed by atoms with Crippen molar-refractivity contribution in [3.63, 3.8) is 0 Å². The van der Waals surface area contributed by atoms with Crippen LogP contribution in [0.25, 0.3) is 11.8 Å². The van der Waals surface area contributed by atoms with E-state index in [2.05, 4.69) is 47.1 Å². The average molecular weight is 376 g/mol. The first kappa shape index (κ1) is 19.9. The number of benzene rings is 1. The molecule has 146 valence electrons. The molecule has 0 radical (unpaired) electrons. The number of carbonyl (C=O) groups excluding carboxylic acids is 1. The number of amides is 1. The summed E-state index contributed by atoms with van der Waals surface area (Å²) in [6.45, 7) is 6.22. The van der Waals surface area contributed by atoms with Gasteiger partial charge in [0, 0.05) is 23.1 Å². The van der Waals surface area contributed by atoms with Crippen molar-refractivity contribution >= 4 is 12.0 Å². The Morgan fingerprint density at radius 2 is 1.89 bits per heavy atom. The minimum Gasteiger partial charge on any atom is -0.349 e. The lowest BCUT2D eigenvalue weighted by Crippen LogP contribution is -2.36. The topological polar surface area (TPSA) is 57.8 Å². The molecule has 1 aliphatic carbocycles. The first-order chi connectivity index (χ1) is 13.5. The lowest BCUT2D eigenvalue weighted by molar-refractivity contribution is -0.117. The first-order valence-corrected chi connectivity index (χ1v) is 10.2. The molecule has 4 nitrogen and oxygen atoms in total. The third-order valence-electron chi connectivity index (χ3n) is 5.68. The molecule has 1 heterocycles. The van der Waals surface area contributed by atoms with Gasteiger partial charge in [-0.15, -0.1) is 0 Å². The minimum absolute atomic E-state index is 0.173. The van der Waals surface area contributed by atoms with E-state index in [0.717, 1.165) is 54.7 Å². The Labute approximate surface area is 167 Å². The molecular formula is C24H29N3O. The van der Waals surface area contributed by atoms with Gasteiger partial charge in [-0.3, -0.25) is 4.79 Å². The number of aryl methyl sites for hydroxylation is 2. The van der Waals surface area contributed by atoms with Gasteiger partial charge in [0.1, 0.15) is 11.6 Å². The summed E-state index contributed by atoms with van der Waals surface area (Å²) in [6.07, 6.45) is 8.28. The molecule has 28 heavy (non-hydrogen) atoms. The van der Waals surface area contributed by atoms with Crippen LogP contribution in [0.4, 0.5) is 0 Å². The van der Waals surface area contributed by atoms with Crippen LogP contribution in [0.1, 0.15) is 61.5 Å². The van der Waals surface area contributed by atoms with Gasteiger partial charge in [0.15, 0.2) is 0 Å². The molecule has 1 aliphatic rings. The number of hydrogen-bond donors (Lipinski definition) is 1. The summed E-state index contributed by atoms with van der Waals surface area (Å²) in [4.78, 5) is 12.6. The van der Waals surface area contributed by atoms with Crippen molar-refractivity contribution in [2.45, 2.75) is 65.3 Å². The van der Waals surface area contributed by atoms with Gasteiger partial charge in [-0.05, 0) is 68.5 Å². The van der Waals surface area contributed by atoms with Crippen LogP contribution in [0.2, 0.25) is 0 Å². The van der Waals surface area contributed by atoms with E-state index in [1.54, 1.807) is 6.08 Å². The van der Waals surface area contributed by atoms with E-state index in [4.69, 9.17) is 0 Å². The Hall–Kier alpha value is -2.80. The van der Waals surface area contributed by atoms with Crippen molar-refractivity contribution in [3.8, 4) is 11.8 Å². The third-order valence-corrected chi connectivity index (χ3v) is 5.68. The lowest BCUT2D eigenvalue weighted by atomic mass is 9.95. The average Bonchev–Trinajstić information content (AvgIpc) is 3.00. The second-order valence-electron chi connectivity index (χ2n) is 7.66. The van der Waals surface area contributed by atoms with Crippen molar-refractivity contribution in [2.75, 3.05) is 0 Å². The summed E-state index contributed by atoms with van der Waals surface area (Å²) in [5.41, 5.74) is 5.59. The van der Waals surface area contributed by atoms with Crippen LogP contribution in [0.15, 0.2) is 35.9 Å². The van der Waals surface area contributed by atoms with E-state index in [9.17, 15) is 10.1 Å². The van der Waals surface area contributed by atoms with Gasteiger partial charge in [-0.25, -0.2) is 0 Å². The zero-order valence-corrected chi connectivity index (χ0v) is 17.1. The maximum absolute atomic E-state index is 12.6. The van der Waals surface area contributed by atoms with E-state index in [-0.39, 0.29) is 17.5 Å². The van der Waals surface area contributed by atoms with Crippen LogP contribution in [0.3, 0.4) is 0 Å². The van der Waals surface area contributed by atoms with Gasteiger partial charge in [0.25, 0.3) is 5.91 Å². The van der Waals surface area contributed by atoms with Crippen LogP contribution >= 0.6 is 0 Å². The maximum Gasteiger partial charge on any atom is 0.262 e. The third kappa shape index (κ3) is 4.36. The number of nitriles is 1. The van der Waals surface area contributed by atoms with Crippen LogP contribution in [-0.2, 0) is 11.2 Å². The molecule has 1 amide bonds. The molecule has 0 saturated heterocycles. The number of nitrogens with one attached hydrogen (secondary N) is 1. The minimum atomic E-state index is -0.258. The van der Waals surface area contributed by atoms with Crippen LogP contribution < -0.4 is 5.32 Å². The van der Waals surface area contributed by atoms with Crippen molar-refractivity contribution in [1.82, 2.24) is 9.88 Å². The molecule has 0 atom stereocenters. The fraction of sp³-hybridized carbons (Fsp3) is 0.417. The maximum atomic E-state index is 12.6. The molecule has 1 N–H and O–H groups in total. The number of aromatic nitrogens is 1. The quantitative estimate of drug-likeness (QED) is 0.590. The standard InChI is InChI=1S/C24H29N3O/c1-4-19-10-12-23(13-11-19)27-17(2)14-20(18(27)3)15-21(16-25)24(28)26-22-8-6-5-7-9-22/h10-15,22H,4-9H2,1-3H3,(H,26,28)/b21-15-. The smallest absolute Gasteiger partial charge is 0.262 e. The van der Waals surface area contributed by atoms with Gasteiger partial charge in [-0.1, -0.05) is 38.3 Å². The van der Waals surface area contributed by atoms with Gasteiger partial charge >= 0.3 is 0 Å². The summed E-state index contributed by atoms with van der Waals surface area (Å²) in [6, 6.07) is 12.8. The molecule has 1 aromatic heterocycles. The Kier molecular flexibility index (Phi) is 6.36. The number of hydrogen-bond acceptors (Lipinski definition) is 2. The number of nitrogens with zero attached hydrogens (tertiary/aromatic N) is 2. The zero-order valence-electron chi connectivity index (χ0n) is 17.1. The van der Waals surface area contributed by atoms with Gasteiger partial charge < -0.3 is 9.88 Å². The highest BCUT2D eigenvalue weighted by atomic mass is 16.1. The fourth-order valence-corrected chi connectivity index (χ4v) is 4.03. The van der Waals surface area contributed by atoms with Crippen LogP contribution in [0, 0.1) is 25.2 Å². The van der Waals surface area contributed by atoms with Gasteiger partial charge in [-0.2, -0.15) is 5.26 Å². The predicted molar refractivity (Wildman–Crippen MR) is 113 cm³/mol. The lowest BCUT2D eigenvalue weighted by Gasteiger charge is -2.22. The Morgan fingerprint density at radius 3 is 2.50 bits per heavy atom. The first-order valence-electron chi connectivity index (χ1n) is 10.2. The Bertz CT molecular complexity index is 907. The summed E-state index contributed by atoms with van der Waals surface area (Å²) < 4.78 is 2.17. The van der Waals surface area contributed by atoms with E-state index >= 15 is 0 Å². The molecule has 0 bridgehead atoms. The summed E-state index contributed by atoms with van der Waals surface area (Å²) in [5.74, 6) is -0.258. The number of carbonyl (C=O) groups is 1. The van der Waals surface area contributed by atoms with Gasteiger partial charge in [0.2, 0.25) is 0 Å². The molecule has 1 saturated carbocycles. The molecular weight excluding hydrogens is 346 g/mol. The molecule has 0 unspecified atom stereocenters. The van der Waals surface area contributed by atoms with E-state index in [1.807, 2.05) is 19.9 Å². The molecule has 1 fully saturated rings. The van der Waals surface area contributed by atoms with Crippen molar-refractivity contribution in [1.29, 1.82) is 5.26 Å². The van der Waals surface area contributed by atoms with Crippen molar-refractivity contribution in [3.05, 3.63) is 58.4 Å².